The van der Waals surface area contributed by atoms with Crippen LogP contribution in [0.25, 0.3) is 11.6 Å². The van der Waals surface area contributed by atoms with Gasteiger partial charge in [0.25, 0.3) is 0 Å². The topological polar surface area (TPSA) is 15.3 Å². The van der Waals surface area contributed by atoms with Gasteiger partial charge in [0.2, 0.25) is 0 Å². The van der Waals surface area contributed by atoms with Crippen molar-refractivity contribution in [2.75, 3.05) is 18.9 Å². The van der Waals surface area contributed by atoms with Crippen molar-refractivity contribution in [1.29, 1.82) is 0 Å². The van der Waals surface area contributed by atoms with Crippen LogP contribution in [-0.2, 0) is 0 Å². The van der Waals surface area contributed by atoms with Crippen LogP contribution in [0.1, 0.15) is 30.0 Å². The number of aryl methyl sites for hydroxylation is 1. The van der Waals surface area contributed by atoms with Crippen LogP contribution in [0.3, 0.4) is 0 Å². The average molecular weight is 351 g/mol. The number of halogens is 1. The minimum absolute atomic E-state index is 0.452. The molecule has 0 saturated heterocycles. The number of nitrogens with one attached hydrogen (secondary N) is 1. The number of fused-ring (bicyclic) bond motifs is 2. The maximum atomic E-state index is 6.26. The van der Waals surface area contributed by atoms with E-state index in [1.807, 2.05) is 12.1 Å². The van der Waals surface area contributed by atoms with Gasteiger partial charge in [-0.05, 0) is 74.9 Å². The largest absolute Gasteiger partial charge is 0.355 e. The van der Waals surface area contributed by atoms with E-state index in [-0.39, 0.29) is 0 Å². The molecule has 0 unspecified atom stereocenters. The van der Waals surface area contributed by atoms with Gasteiger partial charge in [-0.1, -0.05) is 29.3 Å². The average Bonchev–Trinajstić information content (AvgIpc) is 2.74. The molecular formula is C22H23ClN2. The highest BCUT2D eigenvalue weighted by atomic mass is 35.5. The van der Waals surface area contributed by atoms with E-state index in [0.717, 1.165) is 34.9 Å². The van der Waals surface area contributed by atoms with E-state index < -0.39 is 0 Å². The van der Waals surface area contributed by atoms with E-state index in [2.05, 4.69) is 67.5 Å². The summed E-state index contributed by atoms with van der Waals surface area (Å²) in [6, 6.07) is 13.1. The lowest BCUT2D eigenvalue weighted by molar-refractivity contribution is 0.288. The summed E-state index contributed by atoms with van der Waals surface area (Å²) < 4.78 is 0. The summed E-state index contributed by atoms with van der Waals surface area (Å²) in [6.07, 6.45) is 5.76. The highest BCUT2D eigenvalue weighted by Gasteiger charge is 2.22. The smallest absolute Gasteiger partial charge is 0.0464 e. The number of anilines is 2. The molecule has 0 amide bonds. The first-order chi connectivity index (χ1) is 12.0. The van der Waals surface area contributed by atoms with Crippen LogP contribution < -0.4 is 5.32 Å². The molecule has 3 heteroatoms. The second-order valence-corrected chi connectivity index (χ2v) is 7.56. The Hall–Kier alpha value is -2.03. The number of nitrogens with zero attached hydrogens (tertiary/aromatic N) is 1. The fourth-order valence-corrected chi connectivity index (χ4v) is 3.81. The monoisotopic (exact) mass is 350 g/mol. The summed E-state index contributed by atoms with van der Waals surface area (Å²) in [5.41, 5.74) is 8.69. The summed E-state index contributed by atoms with van der Waals surface area (Å²) in [4.78, 5) is 2.39. The zero-order valence-corrected chi connectivity index (χ0v) is 15.7. The quantitative estimate of drug-likeness (QED) is 0.689. The lowest BCUT2D eigenvalue weighted by Crippen LogP contribution is -2.32. The van der Waals surface area contributed by atoms with E-state index in [9.17, 15) is 0 Å². The zero-order valence-electron chi connectivity index (χ0n) is 14.9. The highest BCUT2D eigenvalue weighted by Crippen LogP contribution is 2.41. The second-order valence-electron chi connectivity index (χ2n) is 7.13. The predicted octanol–water partition coefficient (Wildman–Crippen LogP) is 5.90. The number of hydrogen-bond acceptors (Lipinski definition) is 2. The van der Waals surface area contributed by atoms with E-state index in [0.29, 0.717) is 6.04 Å². The highest BCUT2D eigenvalue weighted by molar-refractivity contribution is 6.31. The van der Waals surface area contributed by atoms with Crippen molar-refractivity contribution in [2.45, 2.75) is 26.3 Å². The molecule has 1 N–H and O–H groups in total. The Labute approximate surface area is 154 Å². The Bertz CT molecular complexity index is 895. The van der Waals surface area contributed by atoms with Gasteiger partial charge >= 0.3 is 0 Å². The molecule has 2 nitrogen and oxygen atoms in total. The molecule has 1 atom stereocenters. The van der Waals surface area contributed by atoms with Crippen LogP contribution in [0.2, 0.25) is 5.02 Å². The lowest BCUT2D eigenvalue weighted by Gasteiger charge is -2.29. The molecule has 0 bridgehead atoms. The molecule has 128 valence electrons. The maximum absolute atomic E-state index is 6.26. The molecule has 0 radical (unpaired) electrons. The first-order valence-electron chi connectivity index (χ1n) is 8.82. The third-order valence-electron chi connectivity index (χ3n) is 5.27. The van der Waals surface area contributed by atoms with Gasteiger partial charge in [0.05, 0.1) is 0 Å². The van der Waals surface area contributed by atoms with E-state index in [1.54, 1.807) is 0 Å². The van der Waals surface area contributed by atoms with E-state index >= 15 is 0 Å². The van der Waals surface area contributed by atoms with Gasteiger partial charge < -0.3 is 5.32 Å². The first kappa shape index (κ1) is 16.4. The molecule has 0 fully saturated rings. The van der Waals surface area contributed by atoms with Crippen molar-refractivity contribution >= 4 is 34.6 Å². The molecule has 0 aliphatic carbocycles. The van der Waals surface area contributed by atoms with Crippen LogP contribution in [0, 0.1) is 6.92 Å². The SMILES string of the molecule is Cc1ccc2c(c1)C(C1=C[C@H](C)N(C)CC1)=Cc1cc(Cl)ccc1N2. The van der Waals surface area contributed by atoms with Gasteiger partial charge in [-0.3, -0.25) is 4.90 Å². The number of allylic oxidation sites excluding steroid dienone is 1. The van der Waals surface area contributed by atoms with Gasteiger partial charge in [-0.25, -0.2) is 0 Å². The van der Waals surface area contributed by atoms with Crippen molar-refractivity contribution in [2.24, 2.45) is 0 Å². The zero-order chi connectivity index (χ0) is 17.6. The molecule has 2 aromatic carbocycles. The third-order valence-corrected chi connectivity index (χ3v) is 5.50. The third kappa shape index (κ3) is 3.12. The molecule has 2 aliphatic rings. The van der Waals surface area contributed by atoms with E-state index in [4.69, 9.17) is 11.6 Å². The number of likely N-dealkylation sites (N-methyl/N-ethyl adjacent to an activating group) is 1. The van der Waals surface area contributed by atoms with Crippen LogP contribution in [0.4, 0.5) is 11.4 Å². The van der Waals surface area contributed by atoms with Crippen molar-refractivity contribution in [1.82, 2.24) is 4.90 Å². The minimum atomic E-state index is 0.452. The lowest BCUT2D eigenvalue weighted by atomic mass is 9.89. The molecule has 25 heavy (non-hydrogen) atoms. The van der Waals surface area contributed by atoms with Crippen molar-refractivity contribution in [3.63, 3.8) is 0 Å². The number of rotatable bonds is 1. The summed E-state index contributed by atoms with van der Waals surface area (Å²) >= 11 is 6.26. The molecule has 0 spiro atoms. The van der Waals surface area contributed by atoms with Crippen LogP contribution >= 0.6 is 11.6 Å². The predicted molar refractivity (Wildman–Crippen MR) is 109 cm³/mol. The van der Waals surface area contributed by atoms with Gasteiger partial charge in [-0.2, -0.15) is 0 Å². The summed E-state index contributed by atoms with van der Waals surface area (Å²) in [5, 5.41) is 4.37. The minimum Gasteiger partial charge on any atom is -0.355 e. The van der Waals surface area contributed by atoms with Crippen molar-refractivity contribution < 1.29 is 0 Å². The van der Waals surface area contributed by atoms with Crippen molar-refractivity contribution in [3.05, 3.63) is 69.8 Å². The second kappa shape index (κ2) is 6.36. The van der Waals surface area contributed by atoms with Gasteiger partial charge in [0, 0.05) is 40.1 Å². The fourth-order valence-electron chi connectivity index (χ4n) is 3.63. The Balaban J connectivity index is 1.93. The molecule has 2 heterocycles. The standard InChI is InChI=1S/C22H23ClN2/c1-14-4-6-22-20(10-14)19(16-8-9-25(3)15(2)11-16)13-17-12-18(23)5-7-21(17)24-22/h4-7,10-13,15,24H,8-9H2,1-3H3/t15-/m0/s1. The number of hydrogen-bond donors (Lipinski definition) is 1. The molecule has 4 rings (SSSR count). The van der Waals surface area contributed by atoms with Gasteiger partial charge in [0.15, 0.2) is 0 Å². The molecule has 0 aromatic heterocycles. The Kier molecular flexibility index (Phi) is 4.18. The Morgan fingerprint density at radius 1 is 1.12 bits per heavy atom. The van der Waals surface area contributed by atoms with Crippen LogP contribution in [0.15, 0.2) is 48.0 Å². The molecule has 2 aromatic rings. The van der Waals surface area contributed by atoms with E-state index in [1.165, 1.54) is 22.3 Å². The summed E-state index contributed by atoms with van der Waals surface area (Å²) in [7, 11) is 2.19. The van der Waals surface area contributed by atoms with Crippen LogP contribution in [-0.4, -0.2) is 24.5 Å². The molecular weight excluding hydrogens is 328 g/mol. The number of benzene rings is 2. The fraction of sp³-hybridized carbons (Fsp3) is 0.273. The van der Waals surface area contributed by atoms with Gasteiger partial charge in [0.1, 0.15) is 0 Å². The van der Waals surface area contributed by atoms with Gasteiger partial charge in [-0.15, -0.1) is 0 Å². The Morgan fingerprint density at radius 3 is 2.72 bits per heavy atom. The molecule has 2 aliphatic heterocycles. The maximum Gasteiger partial charge on any atom is 0.0464 e. The summed E-state index contributed by atoms with van der Waals surface area (Å²) in [6.45, 7) is 5.50. The molecule has 0 saturated carbocycles. The summed E-state index contributed by atoms with van der Waals surface area (Å²) in [5.74, 6) is 0. The first-order valence-corrected chi connectivity index (χ1v) is 9.19. The van der Waals surface area contributed by atoms with Crippen LogP contribution in [0.5, 0.6) is 0 Å². The van der Waals surface area contributed by atoms with Crippen molar-refractivity contribution in [3.8, 4) is 0 Å². The normalized spacial score (nSPS) is 19.9. The Morgan fingerprint density at radius 2 is 1.92 bits per heavy atom.